The summed E-state index contributed by atoms with van der Waals surface area (Å²) in [4.78, 5) is 46.2. The molecule has 202 valence electrons. The van der Waals surface area contributed by atoms with Crippen LogP contribution >= 0.6 is 11.6 Å². The lowest BCUT2D eigenvalue weighted by atomic mass is 9.64. The van der Waals surface area contributed by atoms with Crippen molar-refractivity contribution in [2.75, 3.05) is 11.5 Å². The highest BCUT2D eigenvalue weighted by atomic mass is 35.5. The van der Waals surface area contributed by atoms with E-state index >= 15 is 0 Å². The third-order valence-corrected chi connectivity index (χ3v) is 8.88. The van der Waals surface area contributed by atoms with E-state index in [1.165, 1.54) is 0 Å². The van der Waals surface area contributed by atoms with Crippen molar-refractivity contribution >= 4 is 40.7 Å². The van der Waals surface area contributed by atoms with Gasteiger partial charge in [-0.15, -0.1) is 0 Å². The molecule has 1 aliphatic carbocycles. The molecule has 6 heteroatoms. The van der Waals surface area contributed by atoms with Gasteiger partial charge >= 0.3 is 0 Å². The van der Waals surface area contributed by atoms with E-state index in [0.717, 1.165) is 11.3 Å². The predicted octanol–water partition coefficient (Wildman–Crippen LogP) is 7.06. The van der Waals surface area contributed by atoms with Crippen LogP contribution < -0.4 is 9.64 Å². The normalized spacial score (nSPS) is 21.5. The average molecular weight is 560 g/mol. The highest BCUT2D eigenvalue weighted by molar-refractivity contribution is 6.32. The number of rotatable bonds is 5. The number of anilines is 1. The van der Waals surface area contributed by atoms with Gasteiger partial charge in [0.1, 0.15) is 17.2 Å². The molecule has 3 aliphatic rings. The first-order valence-corrected chi connectivity index (χ1v) is 14.1. The number of Topliss-reactive ketones (excluding diaryl/α,β-unsaturated/α-hetero) is 3. The third kappa shape index (κ3) is 3.52. The smallest absolute Gasteiger partial charge is 0.185 e. The Morgan fingerprint density at radius 2 is 1.54 bits per heavy atom. The van der Waals surface area contributed by atoms with Crippen LogP contribution in [-0.2, 0) is 0 Å². The molecule has 1 saturated heterocycles. The van der Waals surface area contributed by atoms with Gasteiger partial charge in [0.05, 0.1) is 12.6 Å². The molecule has 4 aromatic rings. The fourth-order valence-electron chi connectivity index (χ4n) is 7.09. The van der Waals surface area contributed by atoms with Crippen molar-refractivity contribution in [1.82, 2.24) is 0 Å². The monoisotopic (exact) mass is 559 g/mol. The van der Waals surface area contributed by atoms with Crippen LogP contribution in [0.3, 0.4) is 0 Å². The number of fused-ring (bicyclic) bond motifs is 5. The molecule has 0 bridgehead atoms. The van der Waals surface area contributed by atoms with Gasteiger partial charge in [-0.1, -0.05) is 96.5 Å². The number of ether oxygens (including phenoxy) is 1. The number of para-hydroxylation sites is 1. The summed E-state index contributed by atoms with van der Waals surface area (Å²) in [5, 5.41) is 0.561. The SMILES string of the molecule is CCOc1ccccc1[C@@H]1[C@@H](C(=O)c2ccccc2)N2c3ccc(Cl)cc3C=C[C@@H]2C12C(=O)c1ccccc1C2=O. The Morgan fingerprint density at radius 3 is 2.24 bits per heavy atom. The molecule has 0 N–H and O–H groups in total. The molecule has 5 nitrogen and oxygen atoms in total. The molecule has 41 heavy (non-hydrogen) atoms. The molecule has 7 rings (SSSR count). The summed E-state index contributed by atoms with van der Waals surface area (Å²) in [5.41, 5.74) is 1.94. The van der Waals surface area contributed by atoms with Crippen LogP contribution in [0.5, 0.6) is 5.75 Å². The lowest BCUT2D eigenvalue weighted by Crippen LogP contribution is -2.48. The zero-order chi connectivity index (χ0) is 28.3. The summed E-state index contributed by atoms with van der Waals surface area (Å²) in [6.45, 7) is 2.28. The van der Waals surface area contributed by atoms with E-state index in [9.17, 15) is 14.4 Å². The van der Waals surface area contributed by atoms with E-state index in [0.29, 0.717) is 39.6 Å². The van der Waals surface area contributed by atoms with Gasteiger partial charge in [-0.3, -0.25) is 14.4 Å². The fraction of sp³-hybridized carbons (Fsp3) is 0.171. The number of nitrogens with zero attached hydrogens (tertiary/aromatic N) is 1. The first-order valence-electron chi connectivity index (χ1n) is 13.7. The summed E-state index contributed by atoms with van der Waals surface area (Å²) in [5.74, 6) is -0.982. The second-order valence-corrected chi connectivity index (χ2v) is 11.0. The molecule has 1 spiro atoms. The van der Waals surface area contributed by atoms with Crippen molar-refractivity contribution in [3.05, 3.63) is 136 Å². The average Bonchev–Trinajstić information content (AvgIpc) is 3.43. The molecule has 0 aromatic heterocycles. The van der Waals surface area contributed by atoms with Crippen LogP contribution in [-0.4, -0.2) is 36.0 Å². The Kier molecular flexibility index (Phi) is 5.95. The molecule has 0 unspecified atom stereocenters. The van der Waals surface area contributed by atoms with Crippen molar-refractivity contribution in [3.63, 3.8) is 0 Å². The number of hydrogen-bond donors (Lipinski definition) is 0. The van der Waals surface area contributed by atoms with Crippen molar-refractivity contribution in [3.8, 4) is 5.75 Å². The minimum Gasteiger partial charge on any atom is -0.494 e. The van der Waals surface area contributed by atoms with E-state index in [1.54, 1.807) is 42.5 Å². The van der Waals surface area contributed by atoms with E-state index in [1.807, 2.05) is 78.6 Å². The predicted molar refractivity (Wildman–Crippen MR) is 159 cm³/mol. The minimum atomic E-state index is -1.58. The number of ketones is 3. The Hall–Kier alpha value is -4.48. The first kappa shape index (κ1) is 25.5. The van der Waals surface area contributed by atoms with Gasteiger partial charge in [0, 0.05) is 38.9 Å². The Balaban J connectivity index is 1.57. The Labute approximate surface area is 243 Å². The van der Waals surface area contributed by atoms with Gasteiger partial charge in [0.25, 0.3) is 0 Å². The molecule has 4 aromatic carbocycles. The largest absolute Gasteiger partial charge is 0.494 e. The third-order valence-electron chi connectivity index (χ3n) is 8.65. The van der Waals surface area contributed by atoms with Crippen molar-refractivity contribution in [1.29, 1.82) is 0 Å². The molecule has 3 atom stereocenters. The fourth-order valence-corrected chi connectivity index (χ4v) is 7.27. The van der Waals surface area contributed by atoms with Crippen LogP contribution in [0, 0.1) is 5.41 Å². The maximum atomic E-state index is 14.8. The zero-order valence-electron chi connectivity index (χ0n) is 22.3. The molecular weight excluding hydrogens is 534 g/mol. The molecule has 0 radical (unpaired) electrons. The van der Waals surface area contributed by atoms with Gasteiger partial charge in [-0.2, -0.15) is 0 Å². The number of carbonyl (C=O) groups is 3. The van der Waals surface area contributed by atoms with Gasteiger partial charge < -0.3 is 9.64 Å². The van der Waals surface area contributed by atoms with Crippen LogP contribution in [0.15, 0.2) is 103 Å². The van der Waals surface area contributed by atoms with Gasteiger partial charge in [0.2, 0.25) is 0 Å². The molecule has 2 heterocycles. The summed E-state index contributed by atoms with van der Waals surface area (Å²) < 4.78 is 6.08. The maximum absolute atomic E-state index is 14.8. The molecule has 0 amide bonds. The summed E-state index contributed by atoms with van der Waals surface area (Å²) in [6, 6.07) is 27.4. The standard InChI is InChI=1S/C35H26ClNO4/c1-2-41-28-15-9-8-14-26(28)30-31(32(38)21-10-4-3-5-11-21)37-27-18-17-23(36)20-22(27)16-19-29(37)35(30)33(39)24-12-6-7-13-25(24)34(35)40/h3-20,29-31H,2H2,1H3/t29-,30-,31+/m1/s1. The second kappa shape index (κ2) is 9.57. The molecule has 1 fully saturated rings. The van der Waals surface area contributed by atoms with E-state index < -0.39 is 23.4 Å². The zero-order valence-corrected chi connectivity index (χ0v) is 23.0. The van der Waals surface area contributed by atoms with E-state index in [4.69, 9.17) is 16.3 Å². The summed E-state index contributed by atoms with van der Waals surface area (Å²) >= 11 is 6.38. The number of benzene rings is 4. The second-order valence-electron chi connectivity index (χ2n) is 10.6. The quantitative estimate of drug-likeness (QED) is 0.193. The van der Waals surface area contributed by atoms with Gasteiger partial charge in [0.15, 0.2) is 17.3 Å². The Bertz CT molecular complexity index is 1730. The van der Waals surface area contributed by atoms with E-state index in [-0.39, 0.29) is 17.3 Å². The number of hydrogen-bond acceptors (Lipinski definition) is 5. The van der Waals surface area contributed by atoms with Crippen LogP contribution in [0.1, 0.15) is 55.0 Å². The van der Waals surface area contributed by atoms with Crippen molar-refractivity contribution in [2.24, 2.45) is 5.41 Å². The van der Waals surface area contributed by atoms with Gasteiger partial charge in [-0.25, -0.2) is 0 Å². The van der Waals surface area contributed by atoms with Crippen molar-refractivity contribution < 1.29 is 19.1 Å². The summed E-state index contributed by atoms with van der Waals surface area (Å²) in [6.07, 6.45) is 3.81. The highest BCUT2D eigenvalue weighted by Gasteiger charge is 2.71. The lowest BCUT2D eigenvalue weighted by Gasteiger charge is -2.37. The molecule has 2 aliphatic heterocycles. The first-order chi connectivity index (χ1) is 20.0. The van der Waals surface area contributed by atoms with Crippen LogP contribution in [0.2, 0.25) is 5.02 Å². The number of halogens is 1. The lowest BCUT2D eigenvalue weighted by molar-refractivity contribution is 0.0664. The minimum absolute atomic E-state index is 0.170. The summed E-state index contributed by atoms with van der Waals surface area (Å²) in [7, 11) is 0. The highest BCUT2D eigenvalue weighted by Crippen LogP contribution is 2.62. The van der Waals surface area contributed by atoms with Gasteiger partial charge in [-0.05, 0) is 36.8 Å². The number of carbonyl (C=O) groups excluding carboxylic acids is 3. The van der Waals surface area contributed by atoms with E-state index in [2.05, 4.69) is 0 Å². The van der Waals surface area contributed by atoms with Crippen LogP contribution in [0.25, 0.3) is 6.08 Å². The van der Waals surface area contributed by atoms with Crippen molar-refractivity contribution in [2.45, 2.75) is 24.9 Å². The molecule has 0 saturated carbocycles. The van der Waals surface area contributed by atoms with Crippen LogP contribution in [0.4, 0.5) is 5.69 Å². The Morgan fingerprint density at radius 1 is 0.878 bits per heavy atom. The topological polar surface area (TPSA) is 63.7 Å². The maximum Gasteiger partial charge on any atom is 0.185 e. The molecular formula is C35H26ClNO4.